The molecule has 1 unspecified atom stereocenters. The topological polar surface area (TPSA) is 172 Å². The van der Waals surface area contributed by atoms with Crippen LogP contribution in [0, 0.1) is 0 Å². The minimum atomic E-state index is -4.71. The molecule has 0 radical (unpaired) electrons. The van der Waals surface area contributed by atoms with Gasteiger partial charge in [0.05, 0.1) is 13.2 Å². The van der Waals surface area contributed by atoms with E-state index in [0.29, 0.717) is 12.8 Å². The Balaban J connectivity index is 4.40. The number of nitrogens with two attached hydrogens (primary N) is 1. The number of allylic oxidation sites excluding steroid dienone is 4. The minimum absolute atomic E-state index is 0.151. The van der Waals surface area contributed by atoms with Gasteiger partial charge in [0.25, 0.3) is 0 Å². The zero-order valence-corrected chi connectivity index (χ0v) is 35.0. The lowest BCUT2D eigenvalue weighted by Gasteiger charge is -2.20. The van der Waals surface area contributed by atoms with Crippen LogP contribution in [0.1, 0.15) is 194 Å². The molecule has 0 saturated carbocycles. The van der Waals surface area contributed by atoms with E-state index in [1.807, 2.05) is 0 Å². The van der Waals surface area contributed by atoms with Crippen LogP contribution in [0.2, 0.25) is 0 Å². The Morgan fingerprint density at radius 3 is 1.35 bits per heavy atom. The van der Waals surface area contributed by atoms with Crippen molar-refractivity contribution < 1.29 is 47.5 Å². The highest BCUT2D eigenvalue weighted by Crippen LogP contribution is 2.43. The van der Waals surface area contributed by atoms with Gasteiger partial charge in [0.1, 0.15) is 12.6 Å². The molecule has 0 amide bonds. The van der Waals surface area contributed by atoms with Crippen molar-refractivity contribution >= 4 is 25.7 Å². The van der Waals surface area contributed by atoms with E-state index in [2.05, 4.69) is 42.7 Å². The predicted octanol–water partition coefficient (Wildman–Crippen LogP) is 11.1. The van der Waals surface area contributed by atoms with E-state index < -0.39 is 51.1 Å². The SMILES string of the molecule is CCCCCCCC/C=C\CCCCCCCC(=O)O[C@H](COC(=O)CCCCCCC/C=C/CCCCCCCC)COP(=O)(O)OC[C@H](N)C(=O)O. The number of rotatable bonds is 40. The molecule has 54 heavy (non-hydrogen) atoms. The predicted molar refractivity (Wildman–Crippen MR) is 217 cm³/mol. The summed E-state index contributed by atoms with van der Waals surface area (Å²) in [6.07, 6.45) is 38.1. The van der Waals surface area contributed by atoms with Crippen molar-refractivity contribution in [3.05, 3.63) is 24.3 Å². The van der Waals surface area contributed by atoms with Crippen LogP contribution in [-0.2, 0) is 37.5 Å². The summed E-state index contributed by atoms with van der Waals surface area (Å²) < 4.78 is 32.6. The number of hydrogen-bond donors (Lipinski definition) is 3. The molecule has 0 aromatic rings. The van der Waals surface area contributed by atoms with Gasteiger partial charge in [0.15, 0.2) is 6.10 Å². The number of ether oxygens (including phenoxy) is 2. The second kappa shape index (κ2) is 37.9. The van der Waals surface area contributed by atoms with Crippen molar-refractivity contribution in [2.75, 3.05) is 19.8 Å². The molecule has 0 heterocycles. The Hall–Kier alpha value is -2.04. The maximum Gasteiger partial charge on any atom is 0.472 e. The molecule has 0 bridgehead atoms. The van der Waals surface area contributed by atoms with Crippen LogP contribution in [0.15, 0.2) is 24.3 Å². The summed E-state index contributed by atoms with van der Waals surface area (Å²) in [6.45, 7) is 2.78. The summed E-state index contributed by atoms with van der Waals surface area (Å²) in [5.41, 5.74) is 5.33. The van der Waals surface area contributed by atoms with Gasteiger partial charge in [-0.25, -0.2) is 4.57 Å². The first kappa shape index (κ1) is 52.0. The van der Waals surface area contributed by atoms with Crippen LogP contribution in [0.3, 0.4) is 0 Å². The summed E-state index contributed by atoms with van der Waals surface area (Å²) in [5.74, 6) is -2.39. The van der Waals surface area contributed by atoms with Gasteiger partial charge in [-0.1, -0.05) is 141 Å². The number of hydrogen-bond acceptors (Lipinski definition) is 9. The third kappa shape index (κ3) is 36.9. The molecule has 0 aromatic heterocycles. The summed E-state index contributed by atoms with van der Waals surface area (Å²) >= 11 is 0. The van der Waals surface area contributed by atoms with Gasteiger partial charge < -0.3 is 25.2 Å². The van der Waals surface area contributed by atoms with Crippen LogP contribution in [0.4, 0.5) is 0 Å². The highest BCUT2D eigenvalue weighted by molar-refractivity contribution is 7.47. The maximum atomic E-state index is 12.6. The molecule has 0 spiro atoms. The second-order valence-corrected chi connectivity index (χ2v) is 15.9. The third-order valence-electron chi connectivity index (χ3n) is 9.17. The lowest BCUT2D eigenvalue weighted by atomic mass is 10.1. The van der Waals surface area contributed by atoms with Crippen LogP contribution in [0.5, 0.6) is 0 Å². The van der Waals surface area contributed by atoms with E-state index in [9.17, 15) is 23.8 Å². The third-order valence-corrected chi connectivity index (χ3v) is 10.1. The lowest BCUT2D eigenvalue weighted by Crippen LogP contribution is -2.34. The van der Waals surface area contributed by atoms with E-state index >= 15 is 0 Å². The Labute approximate surface area is 328 Å². The number of carboxylic acid groups (broad SMARTS) is 1. The molecule has 0 aromatic carbocycles. The van der Waals surface area contributed by atoms with E-state index in [1.165, 1.54) is 77.0 Å². The Morgan fingerprint density at radius 1 is 0.556 bits per heavy atom. The summed E-state index contributed by atoms with van der Waals surface area (Å²) in [6, 6.07) is -1.52. The number of unbranched alkanes of at least 4 members (excludes halogenated alkanes) is 22. The number of carboxylic acids is 1. The molecular formula is C42H78NO10P. The van der Waals surface area contributed by atoms with Crippen molar-refractivity contribution in [2.24, 2.45) is 5.73 Å². The van der Waals surface area contributed by atoms with Crippen LogP contribution >= 0.6 is 7.82 Å². The van der Waals surface area contributed by atoms with Crippen molar-refractivity contribution in [2.45, 2.75) is 206 Å². The van der Waals surface area contributed by atoms with Crippen molar-refractivity contribution in [1.82, 2.24) is 0 Å². The van der Waals surface area contributed by atoms with E-state index in [0.717, 1.165) is 77.0 Å². The zero-order valence-electron chi connectivity index (χ0n) is 34.1. The molecule has 12 heteroatoms. The molecule has 0 aliphatic carbocycles. The highest BCUT2D eigenvalue weighted by Gasteiger charge is 2.28. The number of aliphatic carboxylic acids is 1. The highest BCUT2D eigenvalue weighted by atomic mass is 31.2. The second-order valence-electron chi connectivity index (χ2n) is 14.5. The standard InChI is InChI=1S/C42H78NO10P/c1-3-5-7-9-11-13-15-17-19-21-23-25-27-29-31-33-40(44)50-35-38(36-51-54(48,49)52-37-39(43)42(46)47)53-41(45)34-32-30-28-26-24-22-20-18-16-14-12-10-8-6-4-2/h17-20,38-39H,3-16,21-37,43H2,1-2H3,(H,46,47)(H,48,49)/b19-17+,20-18-/t38-,39+/m1/s1. The first-order valence-electron chi connectivity index (χ1n) is 21.4. The van der Waals surface area contributed by atoms with Gasteiger partial charge in [-0.05, 0) is 64.2 Å². The van der Waals surface area contributed by atoms with E-state index in [1.54, 1.807) is 0 Å². The first-order valence-corrected chi connectivity index (χ1v) is 22.9. The first-order chi connectivity index (χ1) is 26.1. The normalized spacial score (nSPS) is 14.0. The summed E-state index contributed by atoms with van der Waals surface area (Å²) in [5, 5.41) is 8.88. The molecule has 0 fully saturated rings. The van der Waals surface area contributed by atoms with Crippen molar-refractivity contribution in [3.8, 4) is 0 Å². The average Bonchev–Trinajstić information content (AvgIpc) is 3.14. The quantitative estimate of drug-likeness (QED) is 0.0233. The average molecular weight is 788 g/mol. The molecule has 0 aliphatic heterocycles. The number of carbonyl (C=O) groups is 3. The molecule has 0 rings (SSSR count). The van der Waals surface area contributed by atoms with Gasteiger partial charge in [-0.3, -0.25) is 23.4 Å². The number of carbonyl (C=O) groups excluding carboxylic acids is 2. The fraction of sp³-hybridized carbons (Fsp3) is 0.833. The van der Waals surface area contributed by atoms with Crippen molar-refractivity contribution in [3.63, 3.8) is 0 Å². The Kier molecular flexibility index (Phi) is 36.4. The maximum absolute atomic E-state index is 12.6. The van der Waals surface area contributed by atoms with Gasteiger partial charge in [-0.2, -0.15) is 0 Å². The molecule has 4 N–H and O–H groups in total. The fourth-order valence-electron chi connectivity index (χ4n) is 5.76. The number of phosphoric acid groups is 1. The molecule has 316 valence electrons. The van der Waals surface area contributed by atoms with Crippen molar-refractivity contribution in [1.29, 1.82) is 0 Å². The number of esters is 2. The van der Waals surface area contributed by atoms with Gasteiger partial charge in [0, 0.05) is 12.8 Å². The molecule has 0 saturated heterocycles. The van der Waals surface area contributed by atoms with Crippen LogP contribution < -0.4 is 5.73 Å². The summed E-state index contributed by atoms with van der Waals surface area (Å²) in [7, 11) is -4.71. The molecular weight excluding hydrogens is 709 g/mol. The largest absolute Gasteiger partial charge is 0.480 e. The van der Waals surface area contributed by atoms with Gasteiger partial charge in [-0.15, -0.1) is 0 Å². The molecule has 0 aliphatic rings. The summed E-state index contributed by atoms with van der Waals surface area (Å²) in [4.78, 5) is 45.9. The molecule has 11 nitrogen and oxygen atoms in total. The van der Waals surface area contributed by atoms with Crippen LogP contribution in [-0.4, -0.2) is 59.9 Å². The Morgan fingerprint density at radius 2 is 0.926 bits per heavy atom. The van der Waals surface area contributed by atoms with Gasteiger partial charge >= 0.3 is 25.7 Å². The fourth-order valence-corrected chi connectivity index (χ4v) is 6.54. The van der Waals surface area contributed by atoms with Crippen LogP contribution in [0.25, 0.3) is 0 Å². The van der Waals surface area contributed by atoms with E-state index in [4.69, 9.17) is 24.8 Å². The lowest BCUT2D eigenvalue weighted by molar-refractivity contribution is -0.161. The van der Waals surface area contributed by atoms with E-state index in [-0.39, 0.29) is 19.4 Å². The molecule has 3 atom stereocenters. The van der Waals surface area contributed by atoms with Gasteiger partial charge in [0.2, 0.25) is 0 Å². The number of phosphoric ester groups is 1. The minimum Gasteiger partial charge on any atom is -0.480 e. The zero-order chi connectivity index (χ0) is 40.0. The Bertz CT molecular complexity index is 1020. The monoisotopic (exact) mass is 788 g/mol. The smallest absolute Gasteiger partial charge is 0.472 e.